The fraction of sp³-hybridized carbons (Fsp3) is 0.818. The lowest BCUT2D eigenvalue weighted by Gasteiger charge is -2.32. The first-order valence-electron chi connectivity index (χ1n) is 5.84. The van der Waals surface area contributed by atoms with E-state index in [9.17, 15) is 4.79 Å². The summed E-state index contributed by atoms with van der Waals surface area (Å²) in [4.78, 5) is 17.6. The molecule has 1 fully saturated rings. The van der Waals surface area contributed by atoms with E-state index in [1.165, 1.54) is 0 Å². The zero-order valence-corrected chi connectivity index (χ0v) is 10.8. The normalized spacial score (nSPS) is 20.9. The SMILES string of the molecule is CC(C)(C)OC(=O)N1CCC[C@H](N=C(N)N)C1. The number of nitrogens with two attached hydrogens (primary N) is 2. The second-order valence-electron chi connectivity index (χ2n) is 5.28. The van der Waals surface area contributed by atoms with Crippen LogP contribution in [0, 0.1) is 0 Å². The van der Waals surface area contributed by atoms with E-state index in [2.05, 4.69) is 4.99 Å². The summed E-state index contributed by atoms with van der Waals surface area (Å²) in [7, 11) is 0. The van der Waals surface area contributed by atoms with Crippen molar-refractivity contribution in [2.45, 2.75) is 45.3 Å². The van der Waals surface area contributed by atoms with E-state index in [0.29, 0.717) is 13.1 Å². The Kier molecular flexibility index (Phi) is 4.20. The average Bonchev–Trinajstić information content (AvgIpc) is 2.14. The molecule has 0 saturated carbocycles. The van der Waals surface area contributed by atoms with Gasteiger partial charge in [-0.25, -0.2) is 9.79 Å². The van der Waals surface area contributed by atoms with E-state index < -0.39 is 5.60 Å². The highest BCUT2D eigenvalue weighted by molar-refractivity contribution is 5.76. The van der Waals surface area contributed by atoms with Crippen molar-refractivity contribution in [1.82, 2.24) is 4.90 Å². The molecular formula is C11H22N4O2. The summed E-state index contributed by atoms with van der Waals surface area (Å²) >= 11 is 0. The standard InChI is InChI=1S/C11H22N4O2/c1-11(2,3)17-10(16)15-6-4-5-8(7-15)14-9(12)13/h8H,4-7H2,1-3H3,(H4,12,13,14)/t8-/m0/s1. The predicted octanol–water partition coefficient (Wildman–Crippen LogP) is 0.659. The summed E-state index contributed by atoms with van der Waals surface area (Å²) < 4.78 is 5.31. The van der Waals surface area contributed by atoms with E-state index >= 15 is 0 Å². The molecule has 0 unspecified atom stereocenters. The van der Waals surface area contributed by atoms with Crippen molar-refractivity contribution in [3.8, 4) is 0 Å². The number of piperidine rings is 1. The van der Waals surface area contributed by atoms with Crippen LogP contribution in [0.15, 0.2) is 4.99 Å². The molecule has 1 atom stereocenters. The molecule has 0 aromatic rings. The number of rotatable bonds is 1. The first kappa shape index (κ1) is 13.6. The van der Waals surface area contributed by atoms with Gasteiger partial charge in [-0.2, -0.15) is 0 Å². The number of carbonyl (C=O) groups excluding carboxylic acids is 1. The van der Waals surface area contributed by atoms with Crippen LogP contribution in [-0.4, -0.2) is 41.7 Å². The van der Waals surface area contributed by atoms with Crippen molar-refractivity contribution in [3.63, 3.8) is 0 Å². The zero-order valence-electron chi connectivity index (χ0n) is 10.8. The van der Waals surface area contributed by atoms with Crippen LogP contribution in [0.2, 0.25) is 0 Å². The fourth-order valence-corrected chi connectivity index (χ4v) is 1.76. The van der Waals surface area contributed by atoms with Gasteiger partial charge in [-0.1, -0.05) is 0 Å². The Bertz CT molecular complexity index is 305. The zero-order chi connectivity index (χ0) is 13.1. The van der Waals surface area contributed by atoms with Crippen LogP contribution in [-0.2, 0) is 4.74 Å². The van der Waals surface area contributed by atoms with Crippen LogP contribution in [0.3, 0.4) is 0 Å². The molecule has 1 heterocycles. The fourth-order valence-electron chi connectivity index (χ4n) is 1.76. The summed E-state index contributed by atoms with van der Waals surface area (Å²) in [6.07, 6.45) is 1.49. The molecule has 17 heavy (non-hydrogen) atoms. The highest BCUT2D eigenvalue weighted by Gasteiger charge is 2.27. The second-order valence-corrected chi connectivity index (χ2v) is 5.28. The van der Waals surface area contributed by atoms with Gasteiger partial charge in [0.1, 0.15) is 5.60 Å². The number of guanidine groups is 1. The van der Waals surface area contributed by atoms with Crippen molar-refractivity contribution in [1.29, 1.82) is 0 Å². The monoisotopic (exact) mass is 242 g/mol. The van der Waals surface area contributed by atoms with Crippen LogP contribution < -0.4 is 11.5 Å². The smallest absolute Gasteiger partial charge is 0.410 e. The molecule has 98 valence electrons. The third-order valence-corrected chi connectivity index (χ3v) is 2.38. The number of amides is 1. The Labute approximate surface area is 102 Å². The molecule has 4 N–H and O–H groups in total. The quantitative estimate of drug-likeness (QED) is 0.521. The number of nitrogens with zero attached hydrogens (tertiary/aromatic N) is 2. The molecule has 1 amide bonds. The molecule has 1 rings (SSSR count). The minimum absolute atomic E-state index is 0.0127. The van der Waals surface area contributed by atoms with Gasteiger partial charge in [0.25, 0.3) is 0 Å². The van der Waals surface area contributed by atoms with Gasteiger partial charge in [0, 0.05) is 13.1 Å². The Hall–Kier alpha value is -1.46. The van der Waals surface area contributed by atoms with Gasteiger partial charge in [-0.3, -0.25) is 0 Å². The molecule has 6 heteroatoms. The maximum absolute atomic E-state index is 11.8. The molecular weight excluding hydrogens is 220 g/mol. The molecule has 6 nitrogen and oxygen atoms in total. The number of hydrogen-bond acceptors (Lipinski definition) is 3. The van der Waals surface area contributed by atoms with E-state index in [1.807, 2.05) is 20.8 Å². The average molecular weight is 242 g/mol. The lowest BCUT2D eigenvalue weighted by molar-refractivity contribution is 0.0201. The summed E-state index contributed by atoms with van der Waals surface area (Å²) in [6.45, 7) is 6.77. The van der Waals surface area contributed by atoms with Crippen LogP contribution in [0.4, 0.5) is 4.79 Å². The lowest BCUT2D eigenvalue weighted by Crippen LogP contribution is -2.45. The first-order chi connectivity index (χ1) is 7.78. The van der Waals surface area contributed by atoms with Crippen LogP contribution in [0.5, 0.6) is 0 Å². The van der Waals surface area contributed by atoms with Crippen molar-refractivity contribution in [2.24, 2.45) is 16.5 Å². The Morgan fingerprint density at radius 2 is 2.06 bits per heavy atom. The number of hydrogen-bond donors (Lipinski definition) is 2. The van der Waals surface area contributed by atoms with E-state index in [-0.39, 0.29) is 18.1 Å². The van der Waals surface area contributed by atoms with Gasteiger partial charge in [0.15, 0.2) is 5.96 Å². The topological polar surface area (TPSA) is 93.9 Å². The molecule has 0 radical (unpaired) electrons. The first-order valence-corrected chi connectivity index (χ1v) is 5.84. The third-order valence-electron chi connectivity index (χ3n) is 2.38. The van der Waals surface area contributed by atoms with Gasteiger partial charge >= 0.3 is 6.09 Å². The van der Waals surface area contributed by atoms with Crippen LogP contribution in [0.25, 0.3) is 0 Å². The minimum Gasteiger partial charge on any atom is -0.444 e. The van der Waals surface area contributed by atoms with Crippen LogP contribution in [0.1, 0.15) is 33.6 Å². The maximum atomic E-state index is 11.8. The van der Waals surface area contributed by atoms with Gasteiger partial charge < -0.3 is 21.1 Å². The van der Waals surface area contributed by atoms with Gasteiger partial charge in [0.2, 0.25) is 0 Å². The Morgan fingerprint density at radius 1 is 1.41 bits per heavy atom. The number of ether oxygens (including phenoxy) is 1. The third kappa shape index (κ3) is 4.93. The highest BCUT2D eigenvalue weighted by Crippen LogP contribution is 2.16. The molecule has 1 saturated heterocycles. The van der Waals surface area contributed by atoms with Gasteiger partial charge in [0.05, 0.1) is 6.04 Å². The number of carbonyl (C=O) groups is 1. The van der Waals surface area contributed by atoms with Gasteiger partial charge in [-0.15, -0.1) is 0 Å². The molecule has 0 aromatic carbocycles. The van der Waals surface area contributed by atoms with E-state index in [4.69, 9.17) is 16.2 Å². The van der Waals surface area contributed by atoms with Crippen molar-refractivity contribution in [2.75, 3.05) is 13.1 Å². The van der Waals surface area contributed by atoms with E-state index in [1.54, 1.807) is 4.90 Å². The second kappa shape index (κ2) is 5.25. The van der Waals surface area contributed by atoms with Crippen molar-refractivity contribution >= 4 is 12.1 Å². The predicted molar refractivity (Wildman–Crippen MR) is 66.6 cm³/mol. The number of likely N-dealkylation sites (tertiary alicyclic amines) is 1. The molecule has 1 aliphatic heterocycles. The summed E-state index contributed by atoms with van der Waals surface area (Å²) in [5, 5.41) is 0. The van der Waals surface area contributed by atoms with Crippen molar-refractivity contribution in [3.05, 3.63) is 0 Å². The van der Waals surface area contributed by atoms with E-state index in [0.717, 1.165) is 12.8 Å². The molecule has 0 aliphatic carbocycles. The van der Waals surface area contributed by atoms with Crippen molar-refractivity contribution < 1.29 is 9.53 Å². The summed E-state index contributed by atoms with van der Waals surface area (Å²) in [6, 6.07) is -0.0127. The largest absolute Gasteiger partial charge is 0.444 e. The maximum Gasteiger partial charge on any atom is 0.410 e. The molecule has 1 aliphatic rings. The lowest BCUT2D eigenvalue weighted by atomic mass is 10.1. The molecule has 0 spiro atoms. The summed E-state index contributed by atoms with van der Waals surface area (Å²) in [5.74, 6) is 0.0704. The Balaban J connectivity index is 2.55. The Morgan fingerprint density at radius 3 is 2.59 bits per heavy atom. The molecule has 0 bridgehead atoms. The molecule has 0 aromatic heterocycles. The van der Waals surface area contributed by atoms with Crippen LogP contribution >= 0.6 is 0 Å². The number of aliphatic imine (C=N–C) groups is 1. The van der Waals surface area contributed by atoms with Gasteiger partial charge in [-0.05, 0) is 33.6 Å². The highest BCUT2D eigenvalue weighted by atomic mass is 16.6. The minimum atomic E-state index is -0.472. The summed E-state index contributed by atoms with van der Waals surface area (Å²) in [5.41, 5.74) is 10.2.